The number of nitrogens with zero attached hydrogens (tertiary/aromatic N) is 4. The molecule has 4 aromatic rings. The van der Waals surface area contributed by atoms with Crippen LogP contribution in [0.3, 0.4) is 0 Å². The fourth-order valence-electron chi connectivity index (χ4n) is 3.50. The van der Waals surface area contributed by atoms with Gasteiger partial charge < -0.3 is 4.74 Å². The number of benzene rings is 2. The van der Waals surface area contributed by atoms with Gasteiger partial charge in [0.05, 0.1) is 6.54 Å². The molecule has 0 fully saturated rings. The first-order chi connectivity index (χ1) is 14.0. The summed E-state index contributed by atoms with van der Waals surface area (Å²) < 4.78 is 10.1. The van der Waals surface area contributed by atoms with E-state index in [0.29, 0.717) is 30.3 Å². The summed E-state index contributed by atoms with van der Waals surface area (Å²) >= 11 is 0. The molecule has 29 heavy (non-hydrogen) atoms. The molecule has 4 rings (SSSR count). The number of aryl methyl sites for hydroxylation is 1. The van der Waals surface area contributed by atoms with Crippen LogP contribution in [0.5, 0.6) is 6.01 Å². The summed E-state index contributed by atoms with van der Waals surface area (Å²) in [5, 5.41) is 2.21. The van der Waals surface area contributed by atoms with Gasteiger partial charge in [-0.05, 0) is 23.3 Å². The van der Waals surface area contributed by atoms with Crippen LogP contribution in [0.2, 0.25) is 0 Å². The van der Waals surface area contributed by atoms with Crippen molar-refractivity contribution in [1.82, 2.24) is 18.7 Å². The molecule has 0 bridgehead atoms. The van der Waals surface area contributed by atoms with Gasteiger partial charge in [0.15, 0.2) is 11.2 Å². The molecule has 2 aromatic heterocycles. The minimum atomic E-state index is -0.419. The van der Waals surface area contributed by atoms with E-state index in [9.17, 15) is 9.59 Å². The second kappa shape index (κ2) is 7.43. The standard InChI is InChI=1S/C22H22N4O3/c1-4-5-13-29-21-23-19-18(20(27)25(3)22(28)24(19)2)26(21)14-16-11-8-10-15-9-6-7-12-17(15)16/h4-12H,13-14H2,1-3H3. The summed E-state index contributed by atoms with van der Waals surface area (Å²) in [6, 6.07) is 14.5. The SMILES string of the molecule is CC=CCOc1nc2c(c(=O)n(C)c(=O)n2C)n1Cc1cccc2ccccc12. The highest BCUT2D eigenvalue weighted by Crippen LogP contribution is 2.24. The summed E-state index contributed by atoms with van der Waals surface area (Å²) in [7, 11) is 3.08. The number of aromatic nitrogens is 4. The van der Waals surface area contributed by atoms with Gasteiger partial charge in [0.1, 0.15) is 6.61 Å². The van der Waals surface area contributed by atoms with Crippen molar-refractivity contribution in [2.24, 2.45) is 14.1 Å². The molecule has 0 aliphatic rings. The minimum Gasteiger partial charge on any atom is -0.460 e. The summed E-state index contributed by atoms with van der Waals surface area (Å²) in [4.78, 5) is 29.8. The van der Waals surface area contributed by atoms with E-state index in [1.54, 1.807) is 11.6 Å². The van der Waals surface area contributed by atoms with Crippen molar-refractivity contribution < 1.29 is 4.74 Å². The number of hydrogen-bond donors (Lipinski definition) is 0. The smallest absolute Gasteiger partial charge is 0.332 e. The normalized spacial score (nSPS) is 11.7. The van der Waals surface area contributed by atoms with E-state index in [-0.39, 0.29) is 0 Å². The predicted molar refractivity (Wildman–Crippen MR) is 114 cm³/mol. The molecule has 0 aliphatic carbocycles. The Morgan fingerprint density at radius 2 is 1.79 bits per heavy atom. The Morgan fingerprint density at radius 3 is 2.59 bits per heavy atom. The van der Waals surface area contributed by atoms with E-state index in [4.69, 9.17) is 4.74 Å². The van der Waals surface area contributed by atoms with Gasteiger partial charge in [0.25, 0.3) is 11.6 Å². The quantitative estimate of drug-likeness (QED) is 0.491. The topological polar surface area (TPSA) is 71.1 Å². The Morgan fingerprint density at radius 1 is 1.03 bits per heavy atom. The minimum absolute atomic E-state index is 0.310. The number of allylic oxidation sites excluding steroid dienone is 1. The molecule has 0 N–H and O–H groups in total. The van der Waals surface area contributed by atoms with Crippen LogP contribution in [0.4, 0.5) is 0 Å². The fourth-order valence-corrected chi connectivity index (χ4v) is 3.50. The van der Waals surface area contributed by atoms with Crippen LogP contribution in [0.25, 0.3) is 21.9 Å². The highest BCUT2D eigenvalue weighted by atomic mass is 16.5. The number of fused-ring (bicyclic) bond motifs is 2. The van der Waals surface area contributed by atoms with Gasteiger partial charge in [0.2, 0.25) is 0 Å². The predicted octanol–water partition coefficient (Wildman–Crippen LogP) is 2.59. The number of hydrogen-bond acceptors (Lipinski definition) is 4. The second-order valence-electron chi connectivity index (χ2n) is 6.88. The first-order valence-corrected chi connectivity index (χ1v) is 9.39. The average Bonchev–Trinajstić information content (AvgIpc) is 3.09. The van der Waals surface area contributed by atoms with E-state index in [2.05, 4.69) is 23.2 Å². The van der Waals surface area contributed by atoms with E-state index >= 15 is 0 Å². The number of ether oxygens (including phenoxy) is 1. The van der Waals surface area contributed by atoms with Crippen molar-refractivity contribution in [3.8, 4) is 6.01 Å². The molecule has 2 aromatic carbocycles. The van der Waals surface area contributed by atoms with Gasteiger partial charge in [-0.25, -0.2) is 4.79 Å². The second-order valence-corrected chi connectivity index (χ2v) is 6.88. The van der Waals surface area contributed by atoms with E-state index < -0.39 is 11.2 Å². The zero-order valence-electron chi connectivity index (χ0n) is 16.6. The highest BCUT2D eigenvalue weighted by molar-refractivity contribution is 5.86. The molecule has 0 saturated heterocycles. The van der Waals surface area contributed by atoms with Gasteiger partial charge in [-0.3, -0.25) is 18.5 Å². The van der Waals surface area contributed by atoms with Crippen LogP contribution in [-0.2, 0) is 20.6 Å². The van der Waals surface area contributed by atoms with Crippen LogP contribution in [-0.4, -0.2) is 25.3 Å². The largest absolute Gasteiger partial charge is 0.460 e. The molecule has 7 heteroatoms. The van der Waals surface area contributed by atoms with Crippen LogP contribution >= 0.6 is 0 Å². The Labute approximate surface area is 167 Å². The number of imidazole rings is 1. The fraction of sp³-hybridized carbons (Fsp3) is 0.227. The molecule has 0 spiro atoms. The number of rotatable bonds is 5. The van der Waals surface area contributed by atoms with Crippen molar-refractivity contribution in [1.29, 1.82) is 0 Å². The van der Waals surface area contributed by atoms with Gasteiger partial charge in [-0.2, -0.15) is 4.98 Å². The van der Waals surface area contributed by atoms with Crippen molar-refractivity contribution in [3.63, 3.8) is 0 Å². The maximum absolute atomic E-state index is 12.9. The molecule has 0 amide bonds. The van der Waals surface area contributed by atoms with Gasteiger partial charge in [0, 0.05) is 14.1 Å². The van der Waals surface area contributed by atoms with Crippen molar-refractivity contribution in [2.75, 3.05) is 6.61 Å². The third kappa shape index (κ3) is 3.14. The van der Waals surface area contributed by atoms with Crippen LogP contribution in [0, 0.1) is 0 Å². The molecule has 2 heterocycles. The summed E-state index contributed by atoms with van der Waals surface area (Å²) in [6.45, 7) is 2.63. The summed E-state index contributed by atoms with van der Waals surface area (Å²) in [5.74, 6) is 0. The van der Waals surface area contributed by atoms with E-state index in [1.807, 2.05) is 43.3 Å². The molecular formula is C22H22N4O3. The van der Waals surface area contributed by atoms with Crippen LogP contribution in [0.15, 0.2) is 64.2 Å². The van der Waals surface area contributed by atoms with Gasteiger partial charge >= 0.3 is 5.69 Å². The van der Waals surface area contributed by atoms with Crippen molar-refractivity contribution in [2.45, 2.75) is 13.5 Å². The first-order valence-electron chi connectivity index (χ1n) is 9.39. The van der Waals surface area contributed by atoms with E-state index in [0.717, 1.165) is 20.9 Å². The Hall–Kier alpha value is -3.61. The van der Waals surface area contributed by atoms with Crippen molar-refractivity contribution >= 4 is 21.9 Å². The average molecular weight is 390 g/mol. The van der Waals surface area contributed by atoms with E-state index in [1.165, 1.54) is 11.6 Å². The zero-order valence-corrected chi connectivity index (χ0v) is 16.6. The first kappa shape index (κ1) is 18.7. The molecule has 0 aliphatic heterocycles. The molecule has 0 atom stereocenters. The van der Waals surface area contributed by atoms with Gasteiger partial charge in [-0.15, -0.1) is 0 Å². The lowest BCUT2D eigenvalue weighted by Gasteiger charge is -2.12. The third-order valence-corrected chi connectivity index (χ3v) is 5.07. The third-order valence-electron chi connectivity index (χ3n) is 5.07. The Balaban J connectivity index is 1.97. The molecule has 7 nitrogen and oxygen atoms in total. The lowest BCUT2D eigenvalue weighted by Crippen LogP contribution is -2.37. The molecule has 0 saturated carbocycles. The lowest BCUT2D eigenvalue weighted by molar-refractivity contribution is 0.320. The summed E-state index contributed by atoms with van der Waals surface area (Å²) in [6.07, 6.45) is 3.74. The van der Waals surface area contributed by atoms with Gasteiger partial charge in [-0.1, -0.05) is 54.6 Å². The summed E-state index contributed by atoms with van der Waals surface area (Å²) in [5.41, 5.74) is 0.884. The molecular weight excluding hydrogens is 368 g/mol. The van der Waals surface area contributed by atoms with Crippen LogP contribution < -0.4 is 16.0 Å². The molecule has 148 valence electrons. The molecule has 0 radical (unpaired) electrons. The maximum atomic E-state index is 12.9. The Bertz CT molecular complexity index is 1350. The van der Waals surface area contributed by atoms with Crippen molar-refractivity contribution in [3.05, 3.63) is 81.0 Å². The maximum Gasteiger partial charge on any atom is 0.332 e. The Kier molecular flexibility index (Phi) is 4.80. The molecule has 0 unspecified atom stereocenters. The monoisotopic (exact) mass is 390 g/mol. The zero-order chi connectivity index (χ0) is 20.5. The van der Waals surface area contributed by atoms with Crippen LogP contribution in [0.1, 0.15) is 12.5 Å². The highest BCUT2D eigenvalue weighted by Gasteiger charge is 2.20. The lowest BCUT2D eigenvalue weighted by atomic mass is 10.0.